The van der Waals surface area contributed by atoms with E-state index in [9.17, 15) is 18.3 Å². The van der Waals surface area contributed by atoms with Gasteiger partial charge in [0.1, 0.15) is 0 Å². The summed E-state index contributed by atoms with van der Waals surface area (Å²) in [4.78, 5) is 15.8. The first-order valence-corrected chi connectivity index (χ1v) is 7.77. The lowest BCUT2D eigenvalue weighted by atomic mass is 10.2. The molecule has 0 unspecified atom stereocenters. The monoisotopic (exact) mass is 307 g/mol. The number of sulfonamides is 1. The highest BCUT2D eigenvalue weighted by molar-refractivity contribution is 7.92. The number of benzene rings is 1. The number of hydrogen-bond acceptors (Lipinski definition) is 5. The Morgan fingerprint density at radius 1 is 1.19 bits per heavy atom. The van der Waals surface area contributed by atoms with Crippen LogP contribution in [0.15, 0.2) is 42.6 Å². The maximum absolute atomic E-state index is 12.0. The van der Waals surface area contributed by atoms with Crippen molar-refractivity contribution >= 4 is 27.4 Å². The first-order valence-electron chi connectivity index (χ1n) is 5.88. The van der Waals surface area contributed by atoms with Gasteiger partial charge in [0.15, 0.2) is 11.6 Å². The number of carbonyl (C=O) groups excluding carboxylic acids is 1. The molecule has 0 saturated heterocycles. The fraction of sp³-hybridized carbons (Fsp3) is 0.0769. The van der Waals surface area contributed by atoms with Crippen molar-refractivity contribution < 1.29 is 18.3 Å². The van der Waals surface area contributed by atoms with E-state index in [1.807, 2.05) is 0 Å². The molecule has 1 aromatic carbocycles. The van der Waals surface area contributed by atoms with Crippen LogP contribution in [0.5, 0.6) is 5.75 Å². The minimum absolute atomic E-state index is 0.0563. The fourth-order valence-electron chi connectivity index (χ4n) is 1.58. The molecule has 2 rings (SSSR count). The Labute approximate surface area is 121 Å². The lowest BCUT2D eigenvalue weighted by Crippen LogP contribution is -2.13. The van der Waals surface area contributed by atoms with E-state index in [4.69, 9.17) is 0 Å². The maximum atomic E-state index is 12.0. The minimum atomic E-state index is -3.36. The Hall–Kier alpha value is -2.61. The number of carbonyl (C=O) groups is 1. The van der Waals surface area contributed by atoms with Gasteiger partial charge in [-0.05, 0) is 36.4 Å². The van der Waals surface area contributed by atoms with Gasteiger partial charge >= 0.3 is 0 Å². The highest BCUT2D eigenvalue weighted by atomic mass is 32.2. The summed E-state index contributed by atoms with van der Waals surface area (Å²) in [5.74, 6) is -0.544. The van der Waals surface area contributed by atoms with Crippen molar-refractivity contribution in [2.75, 3.05) is 16.3 Å². The second-order valence-corrected chi connectivity index (χ2v) is 6.03. The van der Waals surface area contributed by atoms with Crippen LogP contribution >= 0.6 is 0 Å². The molecule has 21 heavy (non-hydrogen) atoms. The van der Waals surface area contributed by atoms with Crippen LogP contribution in [-0.4, -0.2) is 30.7 Å². The molecule has 1 amide bonds. The van der Waals surface area contributed by atoms with E-state index in [0.717, 1.165) is 6.26 Å². The molecule has 0 aliphatic heterocycles. The third-order valence-corrected chi connectivity index (χ3v) is 3.08. The van der Waals surface area contributed by atoms with Crippen LogP contribution in [0.1, 0.15) is 10.4 Å². The summed E-state index contributed by atoms with van der Waals surface area (Å²) in [7, 11) is -3.36. The minimum Gasteiger partial charge on any atom is -0.504 e. The third kappa shape index (κ3) is 4.18. The van der Waals surface area contributed by atoms with Gasteiger partial charge in [-0.1, -0.05) is 0 Å². The summed E-state index contributed by atoms with van der Waals surface area (Å²) >= 11 is 0. The summed E-state index contributed by atoms with van der Waals surface area (Å²) in [6.07, 6.45) is 2.48. The van der Waals surface area contributed by atoms with E-state index in [2.05, 4.69) is 15.0 Å². The highest BCUT2D eigenvalue weighted by Gasteiger charge is 2.10. The number of aromatic hydroxyl groups is 1. The molecule has 0 aliphatic carbocycles. The van der Waals surface area contributed by atoms with Crippen molar-refractivity contribution in [3.05, 3.63) is 48.2 Å². The van der Waals surface area contributed by atoms with Gasteiger partial charge in [-0.25, -0.2) is 13.4 Å². The molecular formula is C13H13N3O4S. The largest absolute Gasteiger partial charge is 0.504 e. The number of anilines is 2. The van der Waals surface area contributed by atoms with Crippen LogP contribution in [0.2, 0.25) is 0 Å². The summed E-state index contributed by atoms with van der Waals surface area (Å²) in [6, 6.07) is 8.80. The molecule has 0 spiro atoms. The average molecular weight is 307 g/mol. The van der Waals surface area contributed by atoms with Crippen molar-refractivity contribution in [3.63, 3.8) is 0 Å². The number of amides is 1. The Morgan fingerprint density at radius 2 is 1.86 bits per heavy atom. The Balaban J connectivity index is 2.12. The van der Waals surface area contributed by atoms with Gasteiger partial charge in [-0.2, -0.15) is 0 Å². The first kappa shape index (κ1) is 14.8. The topological polar surface area (TPSA) is 108 Å². The summed E-state index contributed by atoms with van der Waals surface area (Å²) in [5.41, 5.74) is 0.661. The van der Waals surface area contributed by atoms with Crippen LogP contribution in [0.3, 0.4) is 0 Å². The normalized spacial score (nSPS) is 10.9. The van der Waals surface area contributed by atoms with Crippen LogP contribution in [0.25, 0.3) is 0 Å². The van der Waals surface area contributed by atoms with Crippen LogP contribution in [0.4, 0.5) is 11.5 Å². The molecule has 2 aromatic rings. The van der Waals surface area contributed by atoms with E-state index >= 15 is 0 Å². The number of hydrogen-bond donors (Lipinski definition) is 3. The smallest absolute Gasteiger partial charge is 0.256 e. The van der Waals surface area contributed by atoms with E-state index in [0.29, 0.717) is 11.3 Å². The summed E-state index contributed by atoms with van der Waals surface area (Å²) < 4.78 is 24.4. The standard InChI is InChI=1S/C13H13N3O4S/c1-21(19,20)16-10-6-4-9(5-7-10)13(18)15-12-11(17)3-2-8-14-12/h2-8,16-17H,1H3,(H,14,15,18). The molecule has 0 saturated carbocycles. The Kier molecular flexibility index (Phi) is 4.08. The van der Waals surface area contributed by atoms with Gasteiger partial charge in [0.05, 0.1) is 6.26 Å². The third-order valence-electron chi connectivity index (χ3n) is 2.47. The molecule has 110 valence electrons. The maximum Gasteiger partial charge on any atom is 0.256 e. The highest BCUT2D eigenvalue weighted by Crippen LogP contribution is 2.19. The molecule has 0 atom stereocenters. The molecule has 7 nitrogen and oxygen atoms in total. The van der Waals surface area contributed by atoms with Crippen LogP contribution in [-0.2, 0) is 10.0 Å². The van der Waals surface area contributed by atoms with Crippen molar-refractivity contribution in [1.29, 1.82) is 0 Å². The summed E-state index contributed by atoms with van der Waals surface area (Å²) in [6.45, 7) is 0. The van der Waals surface area contributed by atoms with Gasteiger partial charge in [0, 0.05) is 17.4 Å². The molecule has 0 bridgehead atoms. The second-order valence-electron chi connectivity index (χ2n) is 4.28. The quantitative estimate of drug-likeness (QED) is 0.791. The number of aromatic nitrogens is 1. The molecule has 8 heteroatoms. The average Bonchev–Trinajstić information content (AvgIpc) is 2.40. The van der Waals surface area contributed by atoms with Crippen molar-refractivity contribution in [2.24, 2.45) is 0 Å². The van der Waals surface area contributed by atoms with Crippen LogP contribution in [0, 0.1) is 0 Å². The zero-order valence-corrected chi connectivity index (χ0v) is 11.9. The Morgan fingerprint density at radius 3 is 2.43 bits per heavy atom. The molecule has 3 N–H and O–H groups in total. The van der Waals surface area contributed by atoms with Gasteiger partial charge in [-0.3, -0.25) is 9.52 Å². The molecule has 0 fully saturated rings. The van der Waals surface area contributed by atoms with Gasteiger partial charge < -0.3 is 10.4 Å². The van der Waals surface area contributed by atoms with Gasteiger partial charge in [-0.15, -0.1) is 0 Å². The predicted molar refractivity (Wildman–Crippen MR) is 78.8 cm³/mol. The number of rotatable bonds is 4. The number of nitrogens with zero attached hydrogens (tertiary/aromatic N) is 1. The lowest BCUT2D eigenvalue weighted by molar-refractivity contribution is 0.102. The predicted octanol–water partition coefficient (Wildman–Crippen LogP) is 1.41. The Bertz CT molecular complexity index is 757. The lowest BCUT2D eigenvalue weighted by Gasteiger charge is -2.07. The van der Waals surface area contributed by atoms with Gasteiger partial charge in [0.2, 0.25) is 10.0 Å². The molecule has 0 aliphatic rings. The fourth-order valence-corrected chi connectivity index (χ4v) is 2.14. The second kappa shape index (κ2) is 5.80. The first-order chi connectivity index (χ1) is 9.85. The molecule has 0 radical (unpaired) electrons. The number of pyridine rings is 1. The molecular weight excluding hydrogens is 294 g/mol. The number of nitrogens with one attached hydrogen (secondary N) is 2. The van der Waals surface area contributed by atoms with E-state index in [1.165, 1.54) is 42.6 Å². The van der Waals surface area contributed by atoms with E-state index in [1.54, 1.807) is 0 Å². The molecule has 1 aromatic heterocycles. The SMILES string of the molecule is CS(=O)(=O)Nc1ccc(C(=O)Nc2ncccc2O)cc1. The van der Waals surface area contributed by atoms with Crippen molar-refractivity contribution in [1.82, 2.24) is 4.98 Å². The van der Waals surface area contributed by atoms with Crippen molar-refractivity contribution in [2.45, 2.75) is 0 Å². The van der Waals surface area contributed by atoms with Crippen molar-refractivity contribution in [3.8, 4) is 5.75 Å². The zero-order chi connectivity index (χ0) is 15.5. The van der Waals surface area contributed by atoms with Gasteiger partial charge in [0.25, 0.3) is 5.91 Å². The van der Waals surface area contributed by atoms with E-state index < -0.39 is 15.9 Å². The zero-order valence-electron chi connectivity index (χ0n) is 11.1. The van der Waals surface area contributed by atoms with Crippen LogP contribution < -0.4 is 10.0 Å². The molecule has 1 heterocycles. The summed E-state index contributed by atoms with van der Waals surface area (Å²) in [5, 5.41) is 12.0. The van der Waals surface area contributed by atoms with E-state index in [-0.39, 0.29) is 11.6 Å².